The highest BCUT2D eigenvalue weighted by Gasteiger charge is 2.38. The van der Waals surface area contributed by atoms with Gasteiger partial charge in [-0.05, 0) is 42.2 Å². The van der Waals surface area contributed by atoms with Gasteiger partial charge in [0.1, 0.15) is 5.75 Å². The van der Waals surface area contributed by atoms with Crippen LogP contribution in [0.1, 0.15) is 39.7 Å². The number of nitrogens with one attached hydrogen (secondary N) is 1. The number of fused-ring (bicyclic) bond motifs is 1. The average molecular weight is 289 g/mol. The molecular formula is C17H27NOSi. The Morgan fingerprint density at radius 3 is 2.50 bits per heavy atom. The lowest BCUT2D eigenvalue weighted by Crippen LogP contribution is -2.43. The van der Waals surface area contributed by atoms with Crippen molar-refractivity contribution < 1.29 is 4.43 Å². The van der Waals surface area contributed by atoms with E-state index in [1.807, 2.05) is 0 Å². The van der Waals surface area contributed by atoms with Gasteiger partial charge >= 0.3 is 0 Å². The molecule has 1 aromatic heterocycles. The Bertz CT molecular complexity index is 593. The van der Waals surface area contributed by atoms with Crippen LogP contribution < -0.4 is 4.43 Å². The molecule has 2 aromatic rings. The van der Waals surface area contributed by atoms with Gasteiger partial charge in [0.15, 0.2) is 0 Å². The lowest BCUT2D eigenvalue weighted by molar-refractivity contribution is 0.493. The quantitative estimate of drug-likeness (QED) is 0.738. The van der Waals surface area contributed by atoms with E-state index in [-0.39, 0.29) is 5.04 Å². The molecule has 0 atom stereocenters. The van der Waals surface area contributed by atoms with Crippen molar-refractivity contribution in [2.24, 2.45) is 0 Å². The van der Waals surface area contributed by atoms with Crippen LogP contribution in [0.15, 0.2) is 24.4 Å². The average Bonchev–Trinajstić information content (AvgIpc) is 2.70. The molecule has 1 N–H and O–H groups in total. The van der Waals surface area contributed by atoms with E-state index < -0.39 is 8.32 Å². The summed E-state index contributed by atoms with van der Waals surface area (Å²) in [6.45, 7) is 13.6. The number of aromatic amines is 1. The molecular weight excluding hydrogens is 262 g/mol. The first kappa shape index (κ1) is 15.2. The largest absolute Gasteiger partial charge is 0.543 e. The molecule has 0 amide bonds. The second kappa shape index (κ2) is 5.28. The zero-order chi connectivity index (χ0) is 15.0. The van der Waals surface area contributed by atoms with Crippen LogP contribution >= 0.6 is 0 Å². The van der Waals surface area contributed by atoms with Gasteiger partial charge in [-0.1, -0.05) is 34.1 Å². The molecule has 0 aliphatic rings. The number of aryl methyl sites for hydroxylation is 1. The minimum Gasteiger partial charge on any atom is -0.543 e. The lowest BCUT2D eigenvalue weighted by atomic mass is 10.1. The molecule has 2 rings (SSSR count). The first-order valence-corrected chi connectivity index (χ1v) is 10.4. The van der Waals surface area contributed by atoms with Crippen LogP contribution in [0.4, 0.5) is 0 Å². The Hall–Kier alpha value is -1.22. The molecule has 20 heavy (non-hydrogen) atoms. The Labute approximate surface area is 123 Å². The molecule has 0 bridgehead atoms. The van der Waals surface area contributed by atoms with Gasteiger partial charge in [0.25, 0.3) is 0 Å². The normalized spacial score (nSPS) is 12.9. The van der Waals surface area contributed by atoms with Crippen LogP contribution in [-0.4, -0.2) is 13.3 Å². The summed E-state index contributed by atoms with van der Waals surface area (Å²) >= 11 is 0. The summed E-state index contributed by atoms with van der Waals surface area (Å²) in [6.07, 6.45) is 4.43. The number of H-pyrrole nitrogens is 1. The zero-order valence-electron chi connectivity index (χ0n) is 13.6. The molecule has 0 aliphatic heterocycles. The van der Waals surface area contributed by atoms with Crippen molar-refractivity contribution in [2.75, 3.05) is 0 Å². The number of aromatic nitrogens is 1. The van der Waals surface area contributed by atoms with Crippen molar-refractivity contribution in [2.45, 2.75) is 58.7 Å². The smallest absolute Gasteiger partial charge is 0.250 e. The van der Waals surface area contributed by atoms with Crippen LogP contribution in [0, 0.1) is 0 Å². The minimum absolute atomic E-state index is 0.227. The van der Waals surface area contributed by atoms with E-state index >= 15 is 0 Å². The molecule has 0 spiro atoms. The summed E-state index contributed by atoms with van der Waals surface area (Å²) in [5.74, 6) is 0.994. The Morgan fingerprint density at radius 2 is 1.90 bits per heavy atom. The van der Waals surface area contributed by atoms with Gasteiger partial charge in [0.05, 0.1) is 0 Å². The van der Waals surface area contributed by atoms with E-state index in [2.05, 4.69) is 70.2 Å². The van der Waals surface area contributed by atoms with Crippen LogP contribution in [0.25, 0.3) is 10.9 Å². The molecule has 0 fully saturated rings. The highest BCUT2D eigenvalue weighted by Crippen LogP contribution is 2.38. The van der Waals surface area contributed by atoms with E-state index in [4.69, 9.17) is 4.43 Å². The predicted molar refractivity (Wildman–Crippen MR) is 90.1 cm³/mol. The maximum Gasteiger partial charge on any atom is 0.250 e. The van der Waals surface area contributed by atoms with E-state index in [1.165, 1.54) is 22.9 Å². The molecule has 0 unspecified atom stereocenters. The molecule has 1 aromatic carbocycles. The van der Waals surface area contributed by atoms with Gasteiger partial charge in [0, 0.05) is 23.2 Å². The topological polar surface area (TPSA) is 25.0 Å². The van der Waals surface area contributed by atoms with E-state index in [1.54, 1.807) is 0 Å². The Balaban J connectivity index is 2.29. The summed E-state index contributed by atoms with van der Waals surface area (Å²) in [7, 11) is -1.76. The van der Waals surface area contributed by atoms with Gasteiger partial charge in [-0.25, -0.2) is 0 Å². The fraction of sp³-hybridized carbons (Fsp3) is 0.529. The lowest BCUT2D eigenvalue weighted by Gasteiger charge is -2.36. The van der Waals surface area contributed by atoms with Gasteiger partial charge < -0.3 is 9.41 Å². The second-order valence-electron chi connectivity index (χ2n) is 7.13. The summed E-state index contributed by atoms with van der Waals surface area (Å²) in [5, 5.41) is 1.56. The van der Waals surface area contributed by atoms with E-state index in [9.17, 15) is 0 Å². The molecule has 1 heterocycles. The number of benzene rings is 1. The summed E-state index contributed by atoms with van der Waals surface area (Å²) in [5.41, 5.74) is 2.59. The van der Waals surface area contributed by atoms with Crippen LogP contribution in [0.3, 0.4) is 0 Å². The van der Waals surface area contributed by atoms with Crippen LogP contribution in [0.2, 0.25) is 18.1 Å². The van der Waals surface area contributed by atoms with Crippen molar-refractivity contribution in [3.8, 4) is 5.75 Å². The third kappa shape index (κ3) is 2.93. The van der Waals surface area contributed by atoms with Gasteiger partial charge in [0.2, 0.25) is 8.32 Å². The van der Waals surface area contributed by atoms with E-state index in [0.717, 1.165) is 12.2 Å². The number of hydrogen-bond acceptors (Lipinski definition) is 1. The zero-order valence-corrected chi connectivity index (χ0v) is 14.6. The van der Waals surface area contributed by atoms with Crippen molar-refractivity contribution in [3.05, 3.63) is 30.0 Å². The van der Waals surface area contributed by atoms with Crippen LogP contribution in [-0.2, 0) is 6.42 Å². The first-order valence-electron chi connectivity index (χ1n) is 7.53. The van der Waals surface area contributed by atoms with Crippen molar-refractivity contribution in [3.63, 3.8) is 0 Å². The fourth-order valence-electron chi connectivity index (χ4n) is 2.15. The molecule has 3 heteroatoms. The maximum absolute atomic E-state index is 6.36. The van der Waals surface area contributed by atoms with Gasteiger partial charge in [-0.2, -0.15) is 0 Å². The summed E-state index contributed by atoms with van der Waals surface area (Å²) in [6, 6.07) is 6.46. The molecule has 2 nitrogen and oxygen atoms in total. The monoisotopic (exact) mass is 289 g/mol. The molecule has 110 valence electrons. The Morgan fingerprint density at radius 1 is 1.20 bits per heavy atom. The van der Waals surface area contributed by atoms with E-state index in [0.29, 0.717) is 0 Å². The predicted octanol–water partition coefficient (Wildman–Crippen LogP) is 5.50. The SMILES string of the molecule is CCCc1c[nH]c2cc(O[Si](C)(C)C(C)(C)C)ccc12. The highest BCUT2D eigenvalue weighted by molar-refractivity contribution is 6.74. The first-order chi connectivity index (χ1) is 9.24. The van der Waals surface area contributed by atoms with Crippen molar-refractivity contribution in [1.82, 2.24) is 4.98 Å². The van der Waals surface area contributed by atoms with Crippen molar-refractivity contribution in [1.29, 1.82) is 0 Å². The number of rotatable bonds is 4. The summed E-state index contributed by atoms with van der Waals surface area (Å²) in [4.78, 5) is 3.37. The Kier molecular flexibility index (Phi) is 4.01. The third-order valence-electron chi connectivity index (χ3n) is 4.44. The van der Waals surface area contributed by atoms with Gasteiger partial charge in [-0.3, -0.25) is 0 Å². The summed E-state index contributed by atoms with van der Waals surface area (Å²) < 4.78 is 6.36. The number of hydrogen-bond donors (Lipinski definition) is 1. The molecule has 0 radical (unpaired) electrons. The standard InChI is InChI=1S/C17H27NOSi/c1-7-8-13-12-18-16-11-14(9-10-15(13)16)19-20(5,6)17(2,3)4/h9-12,18H,7-8H2,1-6H3. The van der Waals surface area contributed by atoms with Gasteiger partial charge in [-0.15, -0.1) is 0 Å². The molecule has 0 saturated heterocycles. The fourth-order valence-corrected chi connectivity index (χ4v) is 3.18. The van der Waals surface area contributed by atoms with Crippen molar-refractivity contribution >= 4 is 19.2 Å². The third-order valence-corrected chi connectivity index (χ3v) is 8.80. The van der Waals surface area contributed by atoms with Crippen LogP contribution in [0.5, 0.6) is 5.75 Å². The second-order valence-corrected chi connectivity index (χ2v) is 11.9. The molecule has 0 aliphatic carbocycles. The maximum atomic E-state index is 6.36. The molecule has 0 saturated carbocycles. The highest BCUT2D eigenvalue weighted by atomic mass is 28.4. The minimum atomic E-state index is -1.76.